The molecule has 1 rings (SSSR count). The first-order chi connectivity index (χ1) is 13.2. The standard InChI is InChI=1S/C20H34O5S2/c1-5-7-8-9-10-11-12-13-14-16-17(25-20(21)27-26-4)18(23-15-6-2)19(22-3)24-16/h2,16-19H,5,7-15H2,1,3-4H3/t16-,17+,18-,19-/m1/s1. The quantitative estimate of drug-likeness (QED) is 0.161. The van der Waals surface area contributed by atoms with Crippen LogP contribution in [0.3, 0.4) is 0 Å². The van der Waals surface area contributed by atoms with Crippen molar-refractivity contribution in [3.8, 4) is 12.3 Å². The molecule has 1 aliphatic rings. The number of hydrogen-bond acceptors (Lipinski definition) is 7. The molecule has 27 heavy (non-hydrogen) atoms. The highest BCUT2D eigenvalue weighted by Gasteiger charge is 2.48. The maximum absolute atomic E-state index is 12.0. The van der Waals surface area contributed by atoms with Crippen LogP contribution in [0.2, 0.25) is 0 Å². The van der Waals surface area contributed by atoms with Gasteiger partial charge in [0.25, 0.3) is 0 Å². The van der Waals surface area contributed by atoms with Crippen LogP contribution < -0.4 is 0 Å². The van der Waals surface area contributed by atoms with Crippen molar-refractivity contribution >= 4 is 26.9 Å². The fraction of sp³-hybridized carbons (Fsp3) is 0.850. The van der Waals surface area contributed by atoms with Gasteiger partial charge in [0.15, 0.2) is 12.4 Å². The van der Waals surface area contributed by atoms with Crippen LogP contribution in [0.4, 0.5) is 4.79 Å². The third-order valence-electron chi connectivity index (χ3n) is 4.58. The first-order valence-electron chi connectivity index (χ1n) is 9.82. The summed E-state index contributed by atoms with van der Waals surface area (Å²) in [5, 5.41) is -0.344. The molecule has 0 aliphatic carbocycles. The van der Waals surface area contributed by atoms with Crippen LogP contribution in [-0.2, 0) is 18.9 Å². The molecule has 1 aliphatic heterocycles. The van der Waals surface area contributed by atoms with Crippen molar-refractivity contribution in [2.75, 3.05) is 20.0 Å². The van der Waals surface area contributed by atoms with Crippen molar-refractivity contribution in [1.29, 1.82) is 0 Å². The topological polar surface area (TPSA) is 54.0 Å². The van der Waals surface area contributed by atoms with Gasteiger partial charge in [-0.2, -0.15) is 0 Å². The van der Waals surface area contributed by atoms with Gasteiger partial charge in [0.05, 0.1) is 0 Å². The molecule has 0 aromatic heterocycles. The summed E-state index contributed by atoms with van der Waals surface area (Å²) in [5.41, 5.74) is 0. The summed E-state index contributed by atoms with van der Waals surface area (Å²) >= 11 is 0. The summed E-state index contributed by atoms with van der Waals surface area (Å²) < 4.78 is 22.7. The van der Waals surface area contributed by atoms with Crippen molar-refractivity contribution in [2.24, 2.45) is 0 Å². The van der Waals surface area contributed by atoms with Gasteiger partial charge < -0.3 is 18.9 Å². The second-order valence-electron chi connectivity index (χ2n) is 6.60. The summed E-state index contributed by atoms with van der Waals surface area (Å²) in [6.45, 7) is 2.36. The predicted molar refractivity (Wildman–Crippen MR) is 113 cm³/mol. The van der Waals surface area contributed by atoms with E-state index in [1.54, 1.807) is 7.11 Å². The van der Waals surface area contributed by atoms with E-state index in [-0.39, 0.29) is 18.0 Å². The number of ether oxygens (including phenoxy) is 4. The number of rotatable bonds is 14. The average Bonchev–Trinajstić information content (AvgIpc) is 2.98. The molecule has 1 saturated heterocycles. The zero-order chi connectivity index (χ0) is 19.9. The molecular weight excluding hydrogens is 384 g/mol. The molecule has 0 N–H and O–H groups in total. The van der Waals surface area contributed by atoms with Gasteiger partial charge in [-0.15, -0.1) is 6.42 Å². The van der Waals surface area contributed by atoms with E-state index in [0.717, 1.165) is 30.1 Å². The van der Waals surface area contributed by atoms with Gasteiger partial charge in [-0.1, -0.05) is 75.0 Å². The van der Waals surface area contributed by atoms with E-state index >= 15 is 0 Å². The maximum Gasteiger partial charge on any atom is 0.378 e. The number of methoxy groups -OCH3 is 1. The Kier molecular flexibility index (Phi) is 14.2. The van der Waals surface area contributed by atoms with Crippen molar-refractivity contribution in [3.05, 3.63) is 0 Å². The number of hydrogen-bond donors (Lipinski definition) is 0. The Bertz CT molecular complexity index is 441. The number of carbonyl (C=O) groups is 1. The molecule has 1 heterocycles. The lowest BCUT2D eigenvalue weighted by atomic mass is 10.0. The van der Waals surface area contributed by atoms with Crippen LogP contribution in [-0.4, -0.2) is 49.9 Å². The Morgan fingerprint density at radius 3 is 2.37 bits per heavy atom. The van der Waals surface area contributed by atoms with Crippen molar-refractivity contribution in [1.82, 2.24) is 0 Å². The lowest BCUT2D eigenvalue weighted by molar-refractivity contribution is -0.159. The fourth-order valence-corrected chi connectivity index (χ4v) is 4.07. The minimum absolute atomic E-state index is 0.127. The summed E-state index contributed by atoms with van der Waals surface area (Å²) in [5.74, 6) is 2.45. The van der Waals surface area contributed by atoms with Gasteiger partial charge in [-0.3, -0.25) is 0 Å². The molecular formula is C20H34O5S2. The van der Waals surface area contributed by atoms with Crippen LogP contribution in [0.15, 0.2) is 0 Å². The Balaban J connectivity index is 2.50. The van der Waals surface area contributed by atoms with Crippen molar-refractivity contribution in [2.45, 2.75) is 89.3 Å². The first kappa shape index (κ1) is 24.6. The van der Waals surface area contributed by atoms with Gasteiger partial charge in [-0.05, 0) is 12.7 Å². The van der Waals surface area contributed by atoms with E-state index in [2.05, 4.69) is 12.8 Å². The normalized spacial score (nSPS) is 24.7. The minimum Gasteiger partial charge on any atom is -0.448 e. The molecule has 0 spiro atoms. The van der Waals surface area contributed by atoms with Crippen molar-refractivity contribution in [3.63, 3.8) is 0 Å². The van der Waals surface area contributed by atoms with Crippen LogP contribution in [0.25, 0.3) is 0 Å². The van der Waals surface area contributed by atoms with Gasteiger partial charge >= 0.3 is 5.30 Å². The molecule has 0 unspecified atom stereocenters. The second-order valence-corrected chi connectivity index (χ2v) is 8.94. The summed E-state index contributed by atoms with van der Waals surface area (Å²) in [4.78, 5) is 12.0. The van der Waals surface area contributed by atoms with Crippen molar-refractivity contribution < 1.29 is 23.7 Å². The Labute approximate surface area is 172 Å². The highest BCUT2D eigenvalue weighted by molar-refractivity contribution is 8.81. The highest BCUT2D eigenvalue weighted by Crippen LogP contribution is 2.32. The number of carbonyl (C=O) groups excluding carboxylic acids is 1. The Morgan fingerprint density at radius 1 is 1.11 bits per heavy atom. The molecule has 0 radical (unpaired) electrons. The molecule has 0 aromatic rings. The molecule has 156 valence electrons. The monoisotopic (exact) mass is 418 g/mol. The molecule has 0 aromatic carbocycles. The number of unbranched alkanes of at least 4 members (excludes halogenated alkanes) is 7. The summed E-state index contributed by atoms with van der Waals surface area (Å²) in [6.07, 6.45) is 16.1. The van der Waals surface area contributed by atoms with E-state index in [1.165, 1.54) is 49.3 Å². The lowest BCUT2D eigenvalue weighted by Crippen LogP contribution is -2.39. The van der Waals surface area contributed by atoms with Crippen LogP contribution in [0, 0.1) is 12.3 Å². The molecule has 0 bridgehead atoms. The molecule has 4 atom stereocenters. The third-order valence-corrected chi connectivity index (χ3v) is 5.89. The molecule has 7 heteroatoms. The SMILES string of the molecule is C#CCO[C@H]1[C@H](OC)O[C@H](CCCCCCCCCC)[C@@H]1OC(=O)SSC. The van der Waals surface area contributed by atoms with Crippen LogP contribution >= 0.6 is 21.6 Å². The molecule has 0 amide bonds. The zero-order valence-electron chi connectivity index (χ0n) is 16.8. The lowest BCUT2D eigenvalue weighted by Gasteiger charge is -2.23. The molecule has 5 nitrogen and oxygen atoms in total. The average molecular weight is 419 g/mol. The minimum atomic E-state index is -0.575. The van der Waals surface area contributed by atoms with E-state index in [4.69, 9.17) is 25.4 Å². The summed E-state index contributed by atoms with van der Waals surface area (Å²) in [6, 6.07) is 0. The summed E-state index contributed by atoms with van der Waals surface area (Å²) in [7, 11) is 3.97. The first-order valence-corrected chi connectivity index (χ1v) is 12.4. The number of terminal acetylenes is 1. The van der Waals surface area contributed by atoms with E-state index in [9.17, 15) is 4.79 Å². The van der Waals surface area contributed by atoms with Gasteiger partial charge in [0, 0.05) is 17.9 Å². The van der Waals surface area contributed by atoms with Gasteiger partial charge in [0.2, 0.25) is 0 Å². The van der Waals surface area contributed by atoms with E-state index < -0.39 is 18.5 Å². The largest absolute Gasteiger partial charge is 0.448 e. The maximum atomic E-state index is 12.0. The van der Waals surface area contributed by atoms with Gasteiger partial charge in [-0.25, -0.2) is 4.79 Å². The smallest absolute Gasteiger partial charge is 0.378 e. The van der Waals surface area contributed by atoms with Gasteiger partial charge in [0.1, 0.15) is 18.8 Å². The van der Waals surface area contributed by atoms with Crippen LogP contribution in [0.1, 0.15) is 64.7 Å². The predicted octanol–water partition coefficient (Wildman–Crippen LogP) is 5.42. The highest BCUT2D eigenvalue weighted by atomic mass is 33.1. The molecule has 1 fully saturated rings. The van der Waals surface area contributed by atoms with Crippen LogP contribution in [0.5, 0.6) is 0 Å². The van der Waals surface area contributed by atoms with E-state index in [0.29, 0.717) is 0 Å². The molecule has 0 saturated carbocycles. The third kappa shape index (κ3) is 9.58. The zero-order valence-corrected chi connectivity index (χ0v) is 18.4. The Hall–Kier alpha value is -0.390. The second kappa shape index (κ2) is 15.5. The Morgan fingerprint density at radius 2 is 1.78 bits per heavy atom. The fourth-order valence-electron chi connectivity index (χ4n) is 3.25. The van der Waals surface area contributed by atoms with E-state index in [1.807, 2.05) is 6.26 Å².